The Labute approximate surface area is 168 Å². The minimum atomic E-state index is -3.50. The molecule has 0 unspecified atom stereocenters. The zero-order valence-electron chi connectivity index (χ0n) is 15.9. The van der Waals surface area contributed by atoms with Gasteiger partial charge in [0.25, 0.3) is 0 Å². The molecule has 1 saturated heterocycles. The fourth-order valence-corrected chi connectivity index (χ4v) is 4.30. The first-order valence-corrected chi connectivity index (χ1v) is 10.6. The van der Waals surface area contributed by atoms with E-state index < -0.39 is 21.6 Å². The number of methoxy groups -OCH3 is 1. The molecule has 152 valence electrons. The van der Waals surface area contributed by atoms with Gasteiger partial charge in [-0.2, -0.15) is 12.7 Å². The van der Waals surface area contributed by atoms with E-state index in [0.29, 0.717) is 37.9 Å². The summed E-state index contributed by atoms with van der Waals surface area (Å²) in [6, 6.07) is 8.40. The molecule has 0 bridgehead atoms. The third-order valence-electron chi connectivity index (χ3n) is 4.19. The first-order valence-electron chi connectivity index (χ1n) is 8.45. The highest BCUT2D eigenvalue weighted by atomic mass is 32.2. The second-order valence-electron chi connectivity index (χ2n) is 6.09. The van der Waals surface area contributed by atoms with Crippen LogP contribution in [0.2, 0.25) is 0 Å². The molecule has 0 radical (unpaired) electrons. The molecule has 2 aromatic rings. The van der Waals surface area contributed by atoms with Crippen LogP contribution in [0.3, 0.4) is 0 Å². The van der Waals surface area contributed by atoms with Crippen molar-refractivity contribution >= 4 is 27.5 Å². The lowest BCUT2D eigenvalue weighted by Crippen LogP contribution is -2.49. The molecule has 11 heteroatoms. The number of ether oxygens (including phenoxy) is 1. The van der Waals surface area contributed by atoms with Gasteiger partial charge < -0.3 is 9.64 Å². The highest BCUT2D eigenvalue weighted by Gasteiger charge is 2.29. The summed E-state index contributed by atoms with van der Waals surface area (Å²) >= 11 is -0.750. The molecule has 0 N–H and O–H groups in total. The fraction of sp³-hybridized carbons (Fsp3) is 0.412. The average Bonchev–Trinajstić information content (AvgIpc) is 2.68. The first kappa shape index (κ1) is 21.9. The summed E-state index contributed by atoms with van der Waals surface area (Å²) in [5, 5.41) is 0. The van der Waals surface area contributed by atoms with Gasteiger partial charge in [-0.15, -0.1) is 0 Å². The number of aryl methyl sites for hydroxylation is 2. The molecule has 0 saturated carbocycles. The molecule has 1 aliphatic rings. The van der Waals surface area contributed by atoms with Crippen LogP contribution in [-0.2, 0) is 21.6 Å². The Morgan fingerprint density at radius 2 is 1.46 bits per heavy atom. The molecule has 0 spiro atoms. The molecule has 2 heterocycles. The average molecular weight is 427 g/mol. The van der Waals surface area contributed by atoms with E-state index in [-0.39, 0.29) is 4.90 Å². The number of benzene rings is 1. The number of nitrogens with zero attached hydrogens (tertiary/aromatic N) is 4. The first-order chi connectivity index (χ1) is 13.3. The van der Waals surface area contributed by atoms with E-state index in [4.69, 9.17) is 13.2 Å². The number of hydrogen-bond acceptors (Lipinski definition) is 8. The Balaban J connectivity index is 0.000000878. The van der Waals surface area contributed by atoms with Crippen molar-refractivity contribution in [3.63, 3.8) is 0 Å². The monoisotopic (exact) mass is 426 g/mol. The fourth-order valence-electron chi connectivity index (χ4n) is 2.87. The van der Waals surface area contributed by atoms with Crippen molar-refractivity contribution in [2.24, 2.45) is 0 Å². The Kier molecular flexibility index (Phi) is 7.61. The molecule has 1 aromatic carbocycles. The van der Waals surface area contributed by atoms with Crippen LogP contribution in [0.5, 0.6) is 5.75 Å². The third-order valence-corrected chi connectivity index (χ3v) is 6.10. The molecule has 3 rings (SSSR count). The maximum Gasteiger partial charge on any atom is 0.335 e. The van der Waals surface area contributed by atoms with Crippen LogP contribution in [0.25, 0.3) is 0 Å². The lowest BCUT2D eigenvalue weighted by Gasteiger charge is -2.34. The predicted octanol–water partition coefficient (Wildman–Crippen LogP) is 0.943. The van der Waals surface area contributed by atoms with Crippen LogP contribution in [0.4, 0.5) is 5.95 Å². The van der Waals surface area contributed by atoms with Crippen molar-refractivity contribution in [2.45, 2.75) is 18.7 Å². The van der Waals surface area contributed by atoms with Gasteiger partial charge in [-0.1, -0.05) is 0 Å². The summed E-state index contributed by atoms with van der Waals surface area (Å²) in [4.78, 5) is 11.2. The Morgan fingerprint density at radius 1 is 0.964 bits per heavy atom. The summed E-state index contributed by atoms with van der Waals surface area (Å²) in [6.45, 7) is 5.82. The maximum absolute atomic E-state index is 12.8. The molecular formula is C17H22N4O5S2. The van der Waals surface area contributed by atoms with E-state index in [9.17, 15) is 8.42 Å². The van der Waals surface area contributed by atoms with Crippen LogP contribution in [0, 0.1) is 13.8 Å². The number of sulfonamides is 1. The molecule has 28 heavy (non-hydrogen) atoms. The van der Waals surface area contributed by atoms with E-state index in [0.717, 1.165) is 11.4 Å². The molecule has 0 amide bonds. The molecule has 1 aliphatic heterocycles. The Hall–Kier alpha value is -2.37. The van der Waals surface area contributed by atoms with Crippen LogP contribution in [-0.4, -0.2) is 64.4 Å². The van der Waals surface area contributed by atoms with Crippen LogP contribution >= 0.6 is 0 Å². The topological polar surface area (TPSA) is 110 Å². The van der Waals surface area contributed by atoms with Crippen molar-refractivity contribution in [1.82, 2.24) is 14.3 Å². The number of aromatic nitrogens is 2. The molecule has 1 fully saturated rings. The third kappa shape index (κ3) is 5.33. The van der Waals surface area contributed by atoms with Crippen molar-refractivity contribution in [3.8, 4) is 5.75 Å². The largest absolute Gasteiger partial charge is 0.497 e. The second-order valence-corrected chi connectivity index (χ2v) is 8.16. The normalized spacial score (nSPS) is 14.8. The lowest BCUT2D eigenvalue weighted by molar-refractivity contribution is 0.382. The van der Waals surface area contributed by atoms with E-state index in [1.807, 2.05) is 24.8 Å². The maximum atomic E-state index is 12.8. The SMILES string of the molecule is COc1ccc(S(=O)(=O)N2CCN(c3nc(C)cc(C)n3)CC2)cc1.O=S=O. The summed E-state index contributed by atoms with van der Waals surface area (Å²) in [5.74, 6) is 1.30. The van der Waals surface area contributed by atoms with E-state index >= 15 is 0 Å². The summed E-state index contributed by atoms with van der Waals surface area (Å²) < 4.78 is 48.7. The zero-order valence-corrected chi connectivity index (χ0v) is 17.5. The number of anilines is 1. The van der Waals surface area contributed by atoms with Crippen molar-refractivity contribution in [2.75, 3.05) is 38.2 Å². The highest BCUT2D eigenvalue weighted by molar-refractivity contribution is 7.89. The van der Waals surface area contributed by atoms with Gasteiger partial charge >= 0.3 is 11.6 Å². The molecule has 0 aliphatic carbocycles. The van der Waals surface area contributed by atoms with Gasteiger partial charge in [0.05, 0.1) is 12.0 Å². The summed E-state index contributed by atoms with van der Waals surface area (Å²) in [5.41, 5.74) is 1.83. The lowest BCUT2D eigenvalue weighted by atomic mass is 10.3. The van der Waals surface area contributed by atoms with Crippen LogP contribution in [0.15, 0.2) is 35.2 Å². The Morgan fingerprint density at radius 3 is 1.93 bits per heavy atom. The van der Waals surface area contributed by atoms with Crippen molar-refractivity contribution < 1.29 is 21.6 Å². The minimum absolute atomic E-state index is 0.282. The van der Waals surface area contributed by atoms with Gasteiger partial charge in [-0.05, 0) is 44.2 Å². The van der Waals surface area contributed by atoms with Gasteiger partial charge in [0.15, 0.2) is 0 Å². The van der Waals surface area contributed by atoms with Crippen molar-refractivity contribution in [3.05, 3.63) is 41.7 Å². The predicted molar refractivity (Wildman–Crippen MR) is 104 cm³/mol. The summed E-state index contributed by atoms with van der Waals surface area (Å²) in [7, 11) is -1.95. The molecule has 0 atom stereocenters. The van der Waals surface area contributed by atoms with E-state index in [1.165, 1.54) is 4.31 Å². The summed E-state index contributed by atoms with van der Waals surface area (Å²) in [6.07, 6.45) is 0. The van der Waals surface area contributed by atoms with E-state index in [1.54, 1.807) is 31.4 Å². The van der Waals surface area contributed by atoms with Gasteiger partial charge in [0, 0.05) is 37.6 Å². The number of hydrogen-bond donors (Lipinski definition) is 0. The number of piperazine rings is 1. The quantitative estimate of drug-likeness (QED) is 0.711. The zero-order chi connectivity index (χ0) is 20.7. The molecule has 1 aromatic heterocycles. The van der Waals surface area contributed by atoms with Crippen molar-refractivity contribution in [1.29, 1.82) is 0 Å². The van der Waals surface area contributed by atoms with Crippen LogP contribution in [0.1, 0.15) is 11.4 Å². The smallest absolute Gasteiger partial charge is 0.335 e. The molecular weight excluding hydrogens is 404 g/mol. The standard InChI is InChI=1S/C17H22N4O3S.O2S/c1-13-12-14(2)19-17(18-13)20-8-10-21(11-9-20)25(22,23)16-6-4-15(24-3)5-7-16;1-3-2/h4-7,12H,8-11H2,1-3H3;. The molecule has 9 nitrogen and oxygen atoms in total. The highest BCUT2D eigenvalue weighted by Crippen LogP contribution is 2.21. The van der Waals surface area contributed by atoms with Gasteiger partial charge in [0.2, 0.25) is 16.0 Å². The van der Waals surface area contributed by atoms with Gasteiger partial charge in [-0.3, -0.25) is 0 Å². The van der Waals surface area contributed by atoms with E-state index in [2.05, 4.69) is 9.97 Å². The minimum Gasteiger partial charge on any atom is -0.497 e. The second kappa shape index (κ2) is 9.71. The van der Waals surface area contributed by atoms with Gasteiger partial charge in [0.1, 0.15) is 5.75 Å². The Bertz CT molecular complexity index is 916. The van der Waals surface area contributed by atoms with Crippen LogP contribution < -0.4 is 9.64 Å². The number of rotatable bonds is 4. The van der Waals surface area contributed by atoms with Gasteiger partial charge in [-0.25, -0.2) is 18.4 Å².